The van der Waals surface area contributed by atoms with Crippen LogP contribution in [0.4, 0.5) is 8.78 Å². The first-order chi connectivity index (χ1) is 9.97. The van der Waals surface area contributed by atoms with Crippen LogP contribution in [-0.2, 0) is 4.74 Å². The van der Waals surface area contributed by atoms with Crippen LogP contribution in [0.15, 0.2) is 18.2 Å². The molecule has 1 aromatic rings. The molecular weight excluding hydrogens is 274 g/mol. The van der Waals surface area contributed by atoms with Gasteiger partial charge in [-0.2, -0.15) is 0 Å². The Hall–Kier alpha value is -1.04. The lowest BCUT2D eigenvalue weighted by atomic mass is 10.0. The van der Waals surface area contributed by atoms with Crippen LogP contribution in [0.25, 0.3) is 0 Å². The van der Waals surface area contributed by atoms with Crippen LogP contribution >= 0.6 is 0 Å². The Morgan fingerprint density at radius 3 is 2.24 bits per heavy atom. The van der Waals surface area contributed by atoms with Crippen molar-refractivity contribution in [2.75, 3.05) is 33.9 Å². The maximum Gasteiger partial charge on any atom is 0.126 e. The van der Waals surface area contributed by atoms with Crippen LogP contribution in [0.5, 0.6) is 0 Å². The summed E-state index contributed by atoms with van der Waals surface area (Å²) in [6.45, 7) is 6.63. The first kappa shape index (κ1) is 18.0. The summed E-state index contributed by atoms with van der Waals surface area (Å²) < 4.78 is 31.8. The predicted octanol–water partition coefficient (Wildman–Crippen LogP) is 2.97. The first-order valence-electron chi connectivity index (χ1n) is 7.34. The summed E-state index contributed by atoms with van der Waals surface area (Å²) in [6, 6.07) is 4.01. The molecule has 5 heteroatoms. The van der Waals surface area contributed by atoms with Gasteiger partial charge in [0.1, 0.15) is 11.6 Å². The molecule has 3 nitrogen and oxygen atoms in total. The number of ether oxygens (including phenoxy) is 1. The Labute approximate surface area is 126 Å². The van der Waals surface area contributed by atoms with Gasteiger partial charge in [-0.3, -0.25) is 4.90 Å². The normalized spacial score (nSPS) is 13.1. The largest absolute Gasteiger partial charge is 0.383 e. The summed E-state index contributed by atoms with van der Waals surface area (Å²) in [5, 5.41) is 3.13. The van der Waals surface area contributed by atoms with Gasteiger partial charge < -0.3 is 10.1 Å². The van der Waals surface area contributed by atoms with Crippen LogP contribution in [0.3, 0.4) is 0 Å². The molecule has 0 saturated heterocycles. The summed E-state index contributed by atoms with van der Waals surface area (Å²) >= 11 is 0. The highest BCUT2D eigenvalue weighted by molar-refractivity contribution is 5.21. The van der Waals surface area contributed by atoms with Crippen molar-refractivity contribution in [1.29, 1.82) is 0 Å². The van der Waals surface area contributed by atoms with Crippen molar-refractivity contribution in [3.63, 3.8) is 0 Å². The van der Waals surface area contributed by atoms with Crippen molar-refractivity contribution in [3.8, 4) is 0 Å². The monoisotopic (exact) mass is 300 g/mol. The third kappa shape index (κ3) is 6.08. The van der Waals surface area contributed by atoms with Gasteiger partial charge in [0.25, 0.3) is 0 Å². The fourth-order valence-electron chi connectivity index (χ4n) is 2.39. The maximum absolute atomic E-state index is 13.3. The molecule has 1 atom stereocenters. The summed E-state index contributed by atoms with van der Waals surface area (Å²) in [4.78, 5) is 2.30. The maximum atomic E-state index is 13.3. The number of benzene rings is 1. The van der Waals surface area contributed by atoms with Gasteiger partial charge in [0, 0.05) is 38.3 Å². The molecule has 0 aliphatic carbocycles. The smallest absolute Gasteiger partial charge is 0.126 e. The summed E-state index contributed by atoms with van der Waals surface area (Å²) in [5.41, 5.74) is 0.644. The number of nitrogens with zero attached hydrogens (tertiary/aromatic N) is 1. The van der Waals surface area contributed by atoms with E-state index in [1.54, 1.807) is 7.11 Å². The Balaban J connectivity index is 2.68. The molecule has 0 aliphatic heterocycles. The van der Waals surface area contributed by atoms with Crippen LogP contribution in [0.2, 0.25) is 0 Å². The van der Waals surface area contributed by atoms with Crippen molar-refractivity contribution in [1.82, 2.24) is 10.2 Å². The second-order valence-corrected chi connectivity index (χ2v) is 5.46. The number of halogens is 2. The van der Waals surface area contributed by atoms with Crippen molar-refractivity contribution >= 4 is 0 Å². The van der Waals surface area contributed by atoms with Gasteiger partial charge in [-0.05, 0) is 45.0 Å². The SMILES string of the molecule is CNC(CCN(CCOC)C(C)C)c1cc(F)cc(F)c1. The third-order valence-corrected chi connectivity index (χ3v) is 3.65. The lowest BCUT2D eigenvalue weighted by molar-refractivity contribution is 0.126. The lowest BCUT2D eigenvalue weighted by Gasteiger charge is -2.28. The minimum Gasteiger partial charge on any atom is -0.383 e. The molecule has 1 unspecified atom stereocenters. The highest BCUT2D eigenvalue weighted by atomic mass is 19.1. The highest BCUT2D eigenvalue weighted by Gasteiger charge is 2.15. The first-order valence-corrected chi connectivity index (χ1v) is 7.34. The van der Waals surface area contributed by atoms with Gasteiger partial charge in [0.2, 0.25) is 0 Å². The van der Waals surface area contributed by atoms with Gasteiger partial charge in [0.05, 0.1) is 6.61 Å². The van der Waals surface area contributed by atoms with Crippen LogP contribution < -0.4 is 5.32 Å². The van der Waals surface area contributed by atoms with E-state index in [2.05, 4.69) is 24.1 Å². The summed E-state index contributed by atoms with van der Waals surface area (Å²) in [6.07, 6.45) is 0.779. The fraction of sp³-hybridized carbons (Fsp3) is 0.625. The minimum atomic E-state index is -0.537. The molecular formula is C16H26F2N2O. The Bertz CT molecular complexity index is 406. The molecule has 0 amide bonds. The number of rotatable bonds is 9. The summed E-state index contributed by atoms with van der Waals surface area (Å²) in [5.74, 6) is -1.07. The van der Waals surface area contributed by atoms with Crippen molar-refractivity contribution < 1.29 is 13.5 Å². The van der Waals surface area contributed by atoms with Gasteiger partial charge in [-0.25, -0.2) is 8.78 Å². The second-order valence-electron chi connectivity index (χ2n) is 5.46. The zero-order valence-corrected chi connectivity index (χ0v) is 13.3. The number of hydrogen-bond donors (Lipinski definition) is 1. The predicted molar refractivity (Wildman–Crippen MR) is 81.4 cm³/mol. The molecule has 0 aliphatic rings. The van der Waals surface area contributed by atoms with Crippen molar-refractivity contribution in [2.24, 2.45) is 0 Å². The Morgan fingerprint density at radius 2 is 1.76 bits per heavy atom. The molecule has 1 rings (SSSR count). The fourth-order valence-corrected chi connectivity index (χ4v) is 2.39. The van der Waals surface area contributed by atoms with E-state index in [0.29, 0.717) is 18.2 Å². The van der Waals surface area contributed by atoms with E-state index < -0.39 is 11.6 Å². The molecule has 1 aromatic carbocycles. The molecule has 21 heavy (non-hydrogen) atoms. The van der Waals surface area contributed by atoms with E-state index in [1.807, 2.05) is 7.05 Å². The van der Waals surface area contributed by atoms with E-state index in [-0.39, 0.29) is 6.04 Å². The highest BCUT2D eigenvalue weighted by Crippen LogP contribution is 2.20. The molecule has 120 valence electrons. The average Bonchev–Trinajstić information content (AvgIpc) is 2.41. The Kier molecular flexibility index (Phi) is 7.78. The Morgan fingerprint density at radius 1 is 1.14 bits per heavy atom. The zero-order valence-electron chi connectivity index (χ0n) is 13.3. The van der Waals surface area contributed by atoms with Gasteiger partial charge in [-0.1, -0.05) is 0 Å². The van der Waals surface area contributed by atoms with E-state index in [4.69, 9.17) is 4.74 Å². The molecule has 0 spiro atoms. The molecule has 1 N–H and O–H groups in total. The average molecular weight is 300 g/mol. The van der Waals surface area contributed by atoms with Crippen LogP contribution in [0, 0.1) is 11.6 Å². The topological polar surface area (TPSA) is 24.5 Å². The number of methoxy groups -OCH3 is 1. The molecule has 0 radical (unpaired) electrons. The number of nitrogens with one attached hydrogen (secondary N) is 1. The molecule has 0 bridgehead atoms. The van der Waals surface area contributed by atoms with Crippen molar-refractivity contribution in [3.05, 3.63) is 35.4 Å². The van der Waals surface area contributed by atoms with Gasteiger partial charge in [-0.15, -0.1) is 0 Å². The standard InChI is InChI=1S/C16H26F2N2O/c1-12(2)20(7-8-21-4)6-5-16(19-3)13-9-14(17)11-15(18)10-13/h9-12,16,19H,5-8H2,1-4H3. The molecule has 0 aromatic heterocycles. The van der Waals surface area contributed by atoms with Crippen molar-refractivity contribution in [2.45, 2.75) is 32.4 Å². The van der Waals surface area contributed by atoms with E-state index in [0.717, 1.165) is 25.6 Å². The van der Waals surface area contributed by atoms with Gasteiger partial charge >= 0.3 is 0 Å². The van der Waals surface area contributed by atoms with Crippen LogP contribution in [-0.4, -0.2) is 44.8 Å². The lowest BCUT2D eigenvalue weighted by Crippen LogP contribution is -2.36. The molecule has 0 fully saturated rings. The quantitative estimate of drug-likeness (QED) is 0.759. The van der Waals surface area contributed by atoms with Crippen LogP contribution in [0.1, 0.15) is 31.9 Å². The zero-order chi connectivity index (χ0) is 15.8. The molecule has 0 saturated carbocycles. The third-order valence-electron chi connectivity index (χ3n) is 3.65. The molecule has 0 heterocycles. The minimum absolute atomic E-state index is 0.0704. The summed E-state index contributed by atoms with van der Waals surface area (Å²) in [7, 11) is 3.49. The number of hydrogen-bond acceptors (Lipinski definition) is 3. The van der Waals surface area contributed by atoms with Gasteiger partial charge in [0.15, 0.2) is 0 Å². The van der Waals surface area contributed by atoms with E-state index >= 15 is 0 Å². The van der Waals surface area contributed by atoms with E-state index in [9.17, 15) is 8.78 Å². The van der Waals surface area contributed by atoms with E-state index in [1.165, 1.54) is 12.1 Å². The second kappa shape index (κ2) is 9.07.